The molecule has 1 aromatic carbocycles. The maximum atomic E-state index is 12.3. The molecule has 4 aromatic rings. The van der Waals surface area contributed by atoms with E-state index in [4.69, 9.17) is 26.1 Å². The Bertz CT molecular complexity index is 1450. The molecule has 0 radical (unpaired) electrons. The number of ether oxygens (including phenoxy) is 2. The van der Waals surface area contributed by atoms with Crippen molar-refractivity contribution in [3.05, 3.63) is 65.7 Å². The molecule has 0 atom stereocenters. The highest BCUT2D eigenvalue weighted by Gasteiger charge is 2.21. The van der Waals surface area contributed by atoms with Gasteiger partial charge in [-0.2, -0.15) is 0 Å². The highest BCUT2D eigenvalue weighted by atomic mass is 35.5. The van der Waals surface area contributed by atoms with E-state index in [1.54, 1.807) is 44.7 Å². The molecule has 38 heavy (non-hydrogen) atoms. The van der Waals surface area contributed by atoms with Gasteiger partial charge in [-0.15, -0.1) is 0 Å². The topological polar surface area (TPSA) is 69.5 Å². The van der Waals surface area contributed by atoms with Crippen LogP contribution in [0, 0.1) is 0 Å². The Kier molecular flexibility index (Phi) is 8.55. The number of hydrogen-bond acceptors (Lipinski definition) is 5. The molecule has 0 spiro atoms. The molecule has 0 aliphatic rings. The predicted molar refractivity (Wildman–Crippen MR) is 156 cm³/mol. The lowest BCUT2D eigenvalue weighted by Crippen LogP contribution is -2.23. The van der Waals surface area contributed by atoms with E-state index in [-0.39, 0.29) is 12.3 Å². The Labute approximate surface area is 230 Å². The second-order valence-electron chi connectivity index (χ2n) is 10.8. The zero-order chi connectivity index (χ0) is 27.4. The van der Waals surface area contributed by atoms with Gasteiger partial charge < -0.3 is 18.9 Å². The summed E-state index contributed by atoms with van der Waals surface area (Å²) in [4.78, 5) is 23.0. The SMILES string of the molecule is COc1ccccc1-c1cn(COCC[Si](C)(C)C)c2ncc(-c3cncc(CC(=O)N(C)C)c3)c(Cl)c12. The number of methoxy groups -OCH3 is 1. The smallest absolute Gasteiger partial charge is 0.226 e. The number of pyridine rings is 2. The number of likely N-dealkylation sites (N-methyl/N-ethyl adjacent to an activating group) is 1. The fourth-order valence-corrected chi connectivity index (χ4v) is 5.30. The van der Waals surface area contributed by atoms with Crippen molar-refractivity contribution < 1.29 is 14.3 Å². The third kappa shape index (κ3) is 6.26. The first kappa shape index (κ1) is 27.8. The van der Waals surface area contributed by atoms with Crippen molar-refractivity contribution in [3.8, 4) is 28.0 Å². The summed E-state index contributed by atoms with van der Waals surface area (Å²) < 4.78 is 13.8. The van der Waals surface area contributed by atoms with Gasteiger partial charge in [0.2, 0.25) is 5.91 Å². The molecule has 0 saturated heterocycles. The lowest BCUT2D eigenvalue weighted by molar-refractivity contribution is -0.127. The quantitative estimate of drug-likeness (QED) is 0.169. The largest absolute Gasteiger partial charge is 0.496 e. The molecule has 4 rings (SSSR count). The number of hydrogen-bond donors (Lipinski definition) is 0. The van der Waals surface area contributed by atoms with E-state index in [0.29, 0.717) is 18.4 Å². The summed E-state index contributed by atoms with van der Waals surface area (Å²) in [5.74, 6) is 0.756. The number of halogens is 1. The van der Waals surface area contributed by atoms with Crippen LogP contribution in [-0.2, 0) is 22.7 Å². The molecule has 200 valence electrons. The van der Waals surface area contributed by atoms with Gasteiger partial charge in [0.15, 0.2) is 0 Å². The molecule has 0 fully saturated rings. The monoisotopic (exact) mass is 550 g/mol. The minimum Gasteiger partial charge on any atom is -0.496 e. The number of fused-ring (bicyclic) bond motifs is 1. The maximum Gasteiger partial charge on any atom is 0.226 e. The van der Waals surface area contributed by atoms with E-state index >= 15 is 0 Å². The zero-order valence-corrected chi connectivity index (χ0v) is 24.7. The summed E-state index contributed by atoms with van der Waals surface area (Å²) in [7, 11) is 3.95. The Morgan fingerprint density at radius 1 is 1.08 bits per heavy atom. The first-order valence-corrected chi connectivity index (χ1v) is 16.7. The molecule has 0 aliphatic heterocycles. The van der Waals surface area contributed by atoms with Crippen molar-refractivity contribution in [1.82, 2.24) is 19.4 Å². The summed E-state index contributed by atoms with van der Waals surface area (Å²) in [6, 6.07) is 10.9. The summed E-state index contributed by atoms with van der Waals surface area (Å²) >= 11 is 7.14. The molecule has 7 nitrogen and oxygen atoms in total. The Morgan fingerprint density at radius 3 is 2.55 bits per heavy atom. The van der Waals surface area contributed by atoms with Crippen LogP contribution < -0.4 is 4.74 Å². The number of carbonyl (C=O) groups is 1. The maximum absolute atomic E-state index is 12.3. The first-order valence-electron chi connectivity index (χ1n) is 12.6. The van der Waals surface area contributed by atoms with Gasteiger partial charge in [0.1, 0.15) is 18.1 Å². The summed E-state index contributed by atoms with van der Waals surface area (Å²) in [6.07, 6.45) is 7.52. The molecular formula is C29H35ClN4O3Si. The van der Waals surface area contributed by atoms with Crippen LogP contribution in [0.5, 0.6) is 5.75 Å². The van der Waals surface area contributed by atoms with E-state index in [2.05, 4.69) is 24.6 Å². The predicted octanol–water partition coefficient (Wildman–Crippen LogP) is 6.37. The van der Waals surface area contributed by atoms with E-state index < -0.39 is 8.07 Å². The second kappa shape index (κ2) is 11.7. The van der Waals surface area contributed by atoms with Crippen LogP contribution in [0.1, 0.15) is 5.56 Å². The van der Waals surface area contributed by atoms with Gasteiger partial charge in [0, 0.05) is 81.2 Å². The molecule has 9 heteroatoms. The van der Waals surface area contributed by atoms with Gasteiger partial charge in [-0.25, -0.2) is 4.98 Å². The summed E-state index contributed by atoms with van der Waals surface area (Å²) in [5, 5.41) is 1.38. The highest BCUT2D eigenvalue weighted by Crippen LogP contribution is 2.42. The molecule has 0 unspecified atom stereocenters. The van der Waals surface area contributed by atoms with Gasteiger partial charge in [-0.1, -0.05) is 49.4 Å². The number of amides is 1. The number of rotatable bonds is 10. The van der Waals surface area contributed by atoms with Crippen molar-refractivity contribution in [2.24, 2.45) is 0 Å². The third-order valence-electron chi connectivity index (χ3n) is 6.41. The van der Waals surface area contributed by atoms with Crippen molar-refractivity contribution >= 4 is 36.6 Å². The third-order valence-corrected chi connectivity index (χ3v) is 8.50. The molecule has 0 bridgehead atoms. The van der Waals surface area contributed by atoms with Crippen molar-refractivity contribution in [2.45, 2.75) is 38.8 Å². The van der Waals surface area contributed by atoms with Gasteiger partial charge in [0.05, 0.1) is 18.6 Å². The fourth-order valence-electron chi connectivity index (χ4n) is 4.19. The number of carbonyl (C=O) groups excluding carboxylic acids is 1. The average Bonchev–Trinajstić information content (AvgIpc) is 3.25. The van der Waals surface area contributed by atoms with Crippen LogP contribution in [0.4, 0.5) is 0 Å². The molecule has 3 aromatic heterocycles. The van der Waals surface area contributed by atoms with Crippen LogP contribution in [0.25, 0.3) is 33.3 Å². The van der Waals surface area contributed by atoms with E-state index in [0.717, 1.165) is 50.6 Å². The fraction of sp³-hybridized carbons (Fsp3) is 0.345. The molecule has 0 saturated carbocycles. The second-order valence-corrected chi connectivity index (χ2v) is 16.8. The molecule has 0 aliphatic carbocycles. The minimum absolute atomic E-state index is 0.00767. The van der Waals surface area contributed by atoms with Gasteiger partial charge in [-0.05, 0) is 23.7 Å². The van der Waals surface area contributed by atoms with Gasteiger partial charge in [-0.3, -0.25) is 9.78 Å². The van der Waals surface area contributed by atoms with E-state index in [1.165, 1.54) is 0 Å². The number of para-hydroxylation sites is 1. The number of aromatic nitrogens is 3. The Balaban J connectivity index is 1.80. The number of nitrogens with zero attached hydrogens (tertiary/aromatic N) is 4. The number of benzene rings is 1. The molecular weight excluding hydrogens is 516 g/mol. The summed E-state index contributed by atoms with van der Waals surface area (Å²) in [5.41, 5.74) is 4.94. The highest BCUT2D eigenvalue weighted by molar-refractivity contribution is 6.76. The lowest BCUT2D eigenvalue weighted by atomic mass is 10.0. The van der Waals surface area contributed by atoms with Crippen molar-refractivity contribution in [1.29, 1.82) is 0 Å². The van der Waals surface area contributed by atoms with Gasteiger partial charge in [0.25, 0.3) is 0 Å². The molecule has 3 heterocycles. The molecule has 0 N–H and O–H groups in total. The lowest BCUT2D eigenvalue weighted by Gasteiger charge is -2.15. The summed E-state index contributed by atoms with van der Waals surface area (Å²) in [6.45, 7) is 8.09. The van der Waals surface area contributed by atoms with Crippen LogP contribution in [0.3, 0.4) is 0 Å². The average molecular weight is 551 g/mol. The van der Waals surface area contributed by atoms with E-state index in [9.17, 15) is 4.79 Å². The standard InChI is InChI=1S/C29H35ClN4O3Si/c1-33(2)26(35)14-20-13-21(16-31-15-20)23-17-32-29-27(28(23)30)24(22-9-7-8-10-25(22)36-3)18-34(29)19-37-11-12-38(4,5)6/h7-10,13,15-18H,11-12,14,19H2,1-6H3. The van der Waals surface area contributed by atoms with Crippen molar-refractivity contribution in [3.63, 3.8) is 0 Å². The van der Waals surface area contributed by atoms with Crippen LogP contribution in [-0.4, -0.2) is 61.2 Å². The first-order chi connectivity index (χ1) is 18.1. The van der Waals surface area contributed by atoms with E-state index in [1.807, 2.05) is 41.1 Å². The zero-order valence-electron chi connectivity index (χ0n) is 22.9. The normalized spacial score (nSPS) is 11.7. The van der Waals surface area contributed by atoms with Crippen LogP contribution >= 0.6 is 11.6 Å². The van der Waals surface area contributed by atoms with Crippen LogP contribution in [0.2, 0.25) is 30.7 Å². The van der Waals surface area contributed by atoms with Gasteiger partial charge >= 0.3 is 0 Å². The Morgan fingerprint density at radius 2 is 1.84 bits per heavy atom. The van der Waals surface area contributed by atoms with Crippen molar-refractivity contribution in [2.75, 3.05) is 27.8 Å². The minimum atomic E-state index is -1.20. The Hall–Kier alpha value is -3.20. The van der Waals surface area contributed by atoms with Crippen LogP contribution in [0.15, 0.2) is 55.1 Å². The molecule has 1 amide bonds.